The van der Waals surface area contributed by atoms with Gasteiger partial charge in [-0.3, -0.25) is 4.79 Å². The topological polar surface area (TPSA) is 43.1 Å². The number of benzene rings is 1. The maximum atomic E-state index is 12.3. The predicted molar refractivity (Wildman–Crippen MR) is 58.5 cm³/mol. The molecule has 0 fully saturated rings. The molecule has 0 aliphatic rings. The molecular formula is C9H8F2INO. The third-order valence-corrected chi connectivity index (χ3v) is 2.60. The molecule has 2 nitrogen and oxygen atoms in total. The van der Waals surface area contributed by atoms with Gasteiger partial charge >= 0.3 is 0 Å². The molecule has 0 bridgehead atoms. The van der Waals surface area contributed by atoms with Gasteiger partial charge in [0.05, 0.1) is 5.56 Å². The molecule has 0 saturated heterocycles. The van der Waals surface area contributed by atoms with Crippen LogP contribution in [0.1, 0.15) is 29.3 Å². The zero-order valence-corrected chi connectivity index (χ0v) is 9.51. The number of rotatable bonds is 2. The number of hydrogen-bond acceptors (Lipinski definition) is 2. The van der Waals surface area contributed by atoms with E-state index in [1.165, 1.54) is 13.0 Å². The SMILES string of the molecule is CC(=O)c1c(N)cc(C(F)F)cc1I. The van der Waals surface area contributed by atoms with Gasteiger partial charge in [0.2, 0.25) is 0 Å². The molecule has 0 heterocycles. The molecule has 0 spiro atoms. The number of Topliss-reactive ketones (excluding diaryl/α,β-unsaturated/α-hetero) is 1. The molecule has 2 N–H and O–H groups in total. The zero-order chi connectivity index (χ0) is 10.9. The summed E-state index contributed by atoms with van der Waals surface area (Å²) in [6.45, 7) is 1.36. The Balaban J connectivity index is 3.32. The molecule has 76 valence electrons. The lowest BCUT2D eigenvalue weighted by atomic mass is 10.1. The Bertz CT molecular complexity index is 356. The van der Waals surface area contributed by atoms with E-state index in [1.807, 2.05) is 22.6 Å². The fourth-order valence-corrected chi connectivity index (χ4v) is 2.20. The number of alkyl halides is 2. The van der Waals surface area contributed by atoms with Gasteiger partial charge in [-0.25, -0.2) is 8.78 Å². The normalized spacial score (nSPS) is 10.6. The van der Waals surface area contributed by atoms with Gasteiger partial charge in [-0.1, -0.05) is 0 Å². The number of nitrogen functional groups attached to an aromatic ring is 1. The summed E-state index contributed by atoms with van der Waals surface area (Å²) in [5.74, 6) is -0.215. The van der Waals surface area contributed by atoms with E-state index < -0.39 is 6.43 Å². The molecule has 0 aromatic heterocycles. The van der Waals surface area contributed by atoms with E-state index in [0.29, 0.717) is 9.13 Å². The molecule has 0 aliphatic heterocycles. The van der Waals surface area contributed by atoms with Crippen molar-refractivity contribution in [1.82, 2.24) is 0 Å². The van der Waals surface area contributed by atoms with Crippen molar-refractivity contribution < 1.29 is 13.6 Å². The van der Waals surface area contributed by atoms with Gasteiger partial charge in [0.1, 0.15) is 0 Å². The first-order chi connectivity index (χ1) is 6.43. The summed E-state index contributed by atoms with van der Waals surface area (Å²) >= 11 is 1.83. The molecule has 0 saturated carbocycles. The summed E-state index contributed by atoms with van der Waals surface area (Å²) in [5, 5.41) is 0. The number of nitrogens with two attached hydrogens (primary N) is 1. The minimum atomic E-state index is -2.56. The van der Waals surface area contributed by atoms with Crippen molar-refractivity contribution >= 4 is 34.1 Å². The highest BCUT2D eigenvalue weighted by molar-refractivity contribution is 14.1. The summed E-state index contributed by atoms with van der Waals surface area (Å²) in [4.78, 5) is 11.1. The van der Waals surface area contributed by atoms with E-state index in [1.54, 1.807) is 0 Å². The molecule has 0 unspecified atom stereocenters. The second-order valence-corrected chi connectivity index (χ2v) is 3.99. The predicted octanol–water partition coefficient (Wildman–Crippen LogP) is 3.01. The van der Waals surface area contributed by atoms with Crippen LogP contribution in [0.3, 0.4) is 0 Å². The van der Waals surface area contributed by atoms with Crippen molar-refractivity contribution in [2.45, 2.75) is 13.3 Å². The number of hydrogen-bond donors (Lipinski definition) is 1. The van der Waals surface area contributed by atoms with Gasteiger partial charge in [0, 0.05) is 14.8 Å². The van der Waals surface area contributed by atoms with E-state index in [2.05, 4.69) is 0 Å². The molecule has 5 heteroatoms. The molecule has 0 aliphatic carbocycles. The van der Waals surface area contributed by atoms with Crippen LogP contribution in [0.15, 0.2) is 12.1 Å². The largest absolute Gasteiger partial charge is 0.398 e. The van der Waals surface area contributed by atoms with Crippen molar-refractivity contribution in [3.8, 4) is 0 Å². The molecule has 1 aromatic rings. The number of carbonyl (C=O) groups excluding carboxylic acids is 1. The summed E-state index contributed by atoms with van der Waals surface area (Å²) < 4.78 is 25.1. The van der Waals surface area contributed by atoms with Gasteiger partial charge in [0.15, 0.2) is 5.78 Å². The van der Waals surface area contributed by atoms with Crippen molar-refractivity contribution in [3.05, 3.63) is 26.8 Å². The Morgan fingerprint density at radius 1 is 1.50 bits per heavy atom. The first kappa shape index (κ1) is 11.4. The zero-order valence-electron chi connectivity index (χ0n) is 7.35. The van der Waals surface area contributed by atoms with Crippen molar-refractivity contribution in [1.29, 1.82) is 0 Å². The smallest absolute Gasteiger partial charge is 0.263 e. The minimum Gasteiger partial charge on any atom is -0.398 e. The summed E-state index contributed by atoms with van der Waals surface area (Å²) in [6, 6.07) is 2.42. The van der Waals surface area contributed by atoms with Crippen LogP contribution >= 0.6 is 22.6 Å². The number of anilines is 1. The van der Waals surface area contributed by atoms with Crippen molar-refractivity contribution in [2.24, 2.45) is 0 Å². The van der Waals surface area contributed by atoms with E-state index >= 15 is 0 Å². The van der Waals surface area contributed by atoms with Crippen LogP contribution in [0.2, 0.25) is 0 Å². The van der Waals surface area contributed by atoms with Crippen LogP contribution in [-0.2, 0) is 0 Å². The van der Waals surface area contributed by atoms with E-state index in [4.69, 9.17) is 5.73 Å². The lowest BCUT2D eigenvalue weighted by Gasteiger charge is -2.08. The van der Waals surface area contributed by atoms with Crippen LogP contribution in [0.4, 0.5) is 14.5 Å². The number of halogens is 3. The molecule has 0 radical (unpaired) electrons. The first-order valence-corrected chi connectivity index (χ1v) is 4.89. The molecule has 1 aromatic carbocycles. The van der Waals surface area contributed by atoms with Crippen molar-refractivity contribution in [3.63, 3.8) is 0 Å². The molecular weight excluding hydrogens is 303 g/mol. The lowest BCUT2D eigenvalue weighted by Crippen LogP contribution is -2.04. The van der Waals surface area contributed by atoms with E-state index in [0.717, 1.165) is 6.07 Å². The third kappa shape index (κ3) is 2.20. The molecule has 14 heavy (non-hydrogen) atoms. The summed E-state index contributed by atoms with van der Waals surface area (Å²) in [6.07, 6.45) is -2.56. The first-order valence-electron chi connectivity index (χ1n) is 3.81. The highest BCUT2D eigenvalue weighted by atomic mass is 127. The summed E-state index contributed by atoms with van der Waals surface area (Å²) in [5.41, 5.74) is 5.77. The Hall–Kier alpha value is -0.720. The maximum absolute atomic E-state index is 12.3. The van der Waals surface area contributed by atoms with E-state index in [-0.39, 0.29) is 17.0 Å². The fourth-order valence-electron chi connectivity index (χ4n) is 1.15. The highest BCUT2D eigenvalue weighted by Crippen LogP contribution is 2.27. The molecule has 0 amide bonds. The number of carbonyl (C=O) groups is 1. The van der Waals surface area contributed by atoms with Gasteiger partial charge in [-0.2, -0.15) is 0 Å². The van der Waals surface area contributed by atoms with Crippen LogP contribution in [-0.4, -0.2) is 5.78 Å². The van der Waals surface area contributed by atoms with Gasteiger partial charge in [-0.15, -0.1) is 0 Å². The van der Waals surface area contributed by atoms with Gasteiger partial charge in [0.25, 0.3) is 6.43 Å². The maximum Gasteiger partial charge on any atom is 0.263 e. The average molecular weight is 311 g/mol. The Morgan fingerprint density at radius 2 is 2.07 bits per heavy atom. The van der Waals surface area contributed by atoms with E-state index in [9.17, 15) is 13.6 Å². The van der Waals surface area contributed by atoms with Crippen LogP contribution < -0.4 is 5.73 Å². The van der Waals surface area contributed by atoms with Gasteiger partial charge < -0.3 is 5.73 Å². The second kappa shape index (κ2) is 4.20. The van der Waals surface area contributed by atoms with Crippen molar-refractivity contribution in [2.75, 3.05) is 5.73 Å². The Labute approximate surface area is 93.6 Å². The Kier molecular flexibility index (Phi) is 3.41. The van der Waals surface area contributed by atoms with Gasteiger partial charge in [-0.05, 0) is 41.6 Å². The van der Waals surface area contributed by atoms with Crippen LogP contribution in [0, 0.1) is 3.57 Å². The van der Waals surface area contributed by atoms with Crippen LogP contribution in [0.5, 0.6) is 0 Å². The lowest BCUT2D eigenvalue weighted by molar-refractivity contribution is 0.101. The highest BCUT2D eigenvalue weighted by Gasteiger charge is 2.15. The summed E-state index contributed by atoms with van der Waals surface area (Å²) in [7, 11) is 0. The molecule has 0 atom stereocenters. The molecule has 1 rings (SSSR count). The average Bonchev–Trinajstić information content (AvgIpc) is 2.01. The number of ketones is 1. The third-order valence-electron chi connectivity index (χ3n) is 1.75. The monoisotopic (exact) mass is 311 g/mol. The fraction of sp³-hybridized carbons (Fsp3) is 0.222. The standard InChI is InChI=1S/C9H8F2INO/c1-4(14)8-6(12)2-5(9(10)11)3-7(8)13/h2-3,9H,13H2,1H3. The second-order valence-electron chi connectivity index (χ2n) is 2.82. The minimum absolute atomic E-state index is 0.111. The quantitative estimate of drug-likeness (QED) is 0.518. The van der Waals surface area contributed by atoms with Crippen LogP contribution in [0.25, 0.3) is 0 Å². The Morgan fingerprint density at radius 3 is 2.43 bits per heavy atom.